The number of benzene rings is 3. The Morgan fingerprint density at radius 2 is 1.64 bits per heavy atom. The third-order valence-corrected chi connectivity index (χ3v) is 6.92. The van der Waals surface area contributed by atoms with E-state index in [1.54, 1.807) is 54.2 Å². The zero-order valence-electron chi connectivity index (χ0n) is 17.9. The van der Waals surface area contributed by atoms with Gasteiger partial charge in [0.25, 0.3) is 5.91 Å². The highest BCUT2D eigenvalue weighted by Gasteiger charge is 2.31. The summed E-state index contributed by atoms with van der Waals surface area (Å²) in [7, 11) is 0. The van der Waals surface area contributed by atoms with Crippen molar-refractivity contribution in [3.8, 4) is 0 Å². The Morgan fingerprint density at radius 3 is 2.36 bits per heavy atom. The summed E-state index contributed by atoms with van der Waals surface area (Å²) in [4.78, 5) is 43.4. The van der Waals surface area contributed by atoms with E-state index < -0.39 is 5.54 Å². The number of nitrogens with one attached hydrogen (secondary N) is 1. The predicted octanol–water partition coefficient (Wildman–Crippen LogP) is 4.38. The predicted molar refractivity (Wildman–Crippen MR) is 130 cm³/mol. The third kappa shape index (κ3) is 3.74. The lowest BCUT2D eigenvalue weighted by Crippen LogP contribution is -2.28. The molecule has 1 atom stereocenters. The fourth-order valence-corrected chi connectivity index (χ4v) is 5.25. The monoisotopic (exact) mass is 455 g/mol. The van der Waals surface area contributed by atoms with Crippen molar-refractivity contribution < 1.29 is 14.4 Å². The minimum absolute atomic E-state index is 0.210. The molecule has 33 heavy (non-hydrogen) atoms. The number of thioether (sulfide) groups is 1. The highest BCUT2D eigenvalue weighted by Crippen LogP contribution is 2.36. The second-order valence-corrected chi connectivity index (χ2v) is 9.44. The number of amidine groups is 1. The van der Waals surface area contributed by atoms with E-state index in [0.29, 0.717) is 33.1 Å². The van der Waals surface area contributed by atoms with Gasteiger partial charge in [0.1, 0.15) is 0 Å². The van der Waals surface area contributed by atoms with Gasteiger partial charge in [-0.25, -0.2) is 0 Å². The van der Waals surface area contributed by atoms with Gasteiger partial charge < -0.3 is 11.1 Å². The van der Waals surface area contributed by atoms with E-state index in [1.807, 2.05) is 25.1 Å². The van der Waals surface area contributed by atoms with Crippen molar-refractivity contribution in [1.82, 2.24) is 0 Å². The topological polar surface area (TPSA) is 102 Å². The molecule has 5 rings (SSSR count). The number of carbonyl (C=O) groups excluding carboxylic acids is 3. The number of nitrogens with zero attached hydrogens (tertiary/aromatic N) is 1. The van der Waals surface area contributed by atoms with Crippen molar-refractivity contribution in [2.45, 2.75) is 18.9 Å². The standard InChI is InChI=1S/C26H21N3O3S/c1-26(11-12-33-25(27)29-26)16-5-4-6-17(14-16)28-24(32)15-9-10-20-21(13-15)23(31)19-8-3-2-7-18(19)22(20)30/h2-10,13-14H,11-12H2,1H3,(H2,27,29)(H,28,32). The summed E-state index contributed by atoms with van der Waals surface area (Å²) in [6.07, 6.45) is 0.845. The molecule has 0 saturated carbocycles. The first kappa shape index (κ1) is 21.2. The number of aliphatic imine (C=N–C) groups is 1. The molecule has 0 bridgehead atoms. The van der Waals surface area contributed by atoms with Crippen LogP contribution in [0.2, 0.25) is 0 Å². The van der Waals surface area contributed by atoms with Crippen molar-refractivity contribution in [2.24, 2.45) is 10.7 Å². The molecule has 0 aromatic heterocycles. The third-order valence-electron chi connectivity index (χ3n) is 6.13. The summed E-state index contributed by atoms with van der Waals surface area (Å²) in [5, 5.41) is 3.46. The van der Waals surface area contributed by atoms with Crippen molar-refractivity contribution in [1.29, 1.82) is 0 Å². The molecule has 0 radical (unpaired) electrons. The first-order valence-corrected chi connectivity index (χ1v) is 11.6. The van der Waals surface area contributed by atoms with Crippen LogP contribution in [0.15, 0.2) is 71.7 Å². The average molecular weight is 456 g/mol. The van der Waals surface area contributed by atoms with Crippen LogP contribution in [0.4, 0.5) is 5.69 Å². The van der Waals surface area contributed by atoms with E-state index in [9.17, 15) is 14.4 Å². The zero-order chi connectivity index (χ0) is 23.2. The smallest absolute Gasteiger partial charge is 0.255 e. The number of anilines is 1. The molecule has 0 saturated heterocycles. The Hall–Kier alpha value is -3.71. The van der Waals surface area contributed by atoms with Gasteiger partial charge in [0.2, 0.25) is 0 Å². The number of hydrogen-bond acceptors (Lipinski definition) is 6. The number of hydrogen-bond donors (Lipinski definition) is 2. The van der Waals surface area contributed by atoms with E-state index in [2.05, 4.69) is 10.3 Å². The highest BCUT2D eigenvalue weighted by molar-refractivity contribution is 8.13. The Morgan fingerprint density at radius 1 is 0.939 bits per heavy atom. The van der Waals surface area contributed by atoms with Crippen LogP contribution in [0.25, 0.3) is 0 Å². The zero-order valence-corrected chi connectivity index (χ0v) is 18.7. The minimum atomic E-state index is -0.442. The second kappa shape index (κ2) is 8.01. The Kier molecular flexibility index (Phi) is 5.13. The molecule has 164 valence electrons. The van der Waals surface area contributed by atoms with Crippen molar-refractivity contribution >= 4 is 40.1 Å². The van der Waals surface area contributed by atoms with E-state index in [4.69, 9.17) is 5.73 Å². The van der Waals surface area contributed by atoms with Crippen LogP contribution >= 0.6 is 11.8 Å². The van der Waals surface area contributed by atoms with Gasteiger partial charge in [-0.3, -0.25) is 19.4 Å². The maximum Gasteiger partial charge on any atom is 0.255 e. The molecule has 2 aliphatic rings. The van der Waals surface area contributed by atoms with Crippen LogP contribution in [0, 0.1) is 0 Å². The summed E-state index contributed by atoms with van der Waals surface area (Å²) in [5.74, 6) is 0.0587. The quantitative estimate of drug-likeness (QED) is 0.477. The Balaban J connectivity index is 1.42. The summed E-state index contributed by atoms with van der Waals surface area (Å²) in [5.41, 5.74) is 8.71. The maximum atomic E-state index is 13.0. The minimum Gasteiger partial charge on any atom is -0.379 e. The van der Waals surface area contributed by atoms with Gasteiger partial charge >= 0.3 is 0 Å². The molecule has 3 aromatic carbocycles. The average Bonchev–Trinajstić information content (AvgIpc) is 2.82. The molecule has 1 aliphatic carbocycles. The molecule has 7 heteroatoms. The van der Waals surface area contributed by atoms with Crippen LogP contribution in [-0.2, 0) is 5.54 Å². The number of fused-ring (bicyclic) bond motifs is 2. The Labute approximate surface area is 195 Å². The van der Waals surface area contributed by atoms with Gasteiger partial charge in [0.15, 0.2) is 16.7 Å². The summed E-state index contributed by atoms with van der Waals surface area (Å²) < 4.78 is 0. The molecule has 1 unspecified atom stereocenters. The molecule has 3 aromatic rings. The largest absolute Gasteiger partial charge is 0.379 e. The number of amides is 1. The lowest BCUT2D eigenvalue weighted by atomic mass is 9.83. The van der Waals surface area contributed by atoms with Crippen LogP contribution in [0.1, 0.15) is 61.1 Å². The van der Waals surface area contributed by atoms with Gasteiger partial charge in [0, 0.05) is 39.3 Å². The SMILES string of the molecule is CC1(c2cccc(NC(=O)c3ccc4c(c3)C(=O)c3ccccc3C4=O)c2)CCSC(N)=N1. The van der Waals surface area contributed by atoms with E-state index in [1.165, 1.54) is 6.07 Å². The van der Waals surface area contributed by atoms with Crippen molar-refractivity contribution in [3.63, 3.8) is 0 Å². The molecule has 0 spiro atoms. The lowest BCUT2D eigenvalue weighted by Gasteiger charge is -2.30. The Bertz CT molecular complexity index is 1360. The van der Waals surface area contributed by atoms with Crippen LogP contribution < -0.4 is 11.1 Å². The van der Waals surface area contributed by atoms with Gasteiger partial charge in [-0.05, 0) is 49.2 Å². The molecule has 3 N–H and O–H groups in total. The summed E-state index contributed by atoms with van der Waals surface area (Å²) in [6, 6.07) is 18.9. The van der Waals surface area contributed by atoms with Crippen LogP contribution in [0.3, 0.4) is 0 Å². The molecular formula is C26H21N3O3S. The first-order valence-electron chi connectivity index (χ1n) is 10.6. The van der Waals surface area contributed by atoms with Gasteiger partial charge in [0.05, 0.1) is 5.54 Å². The van der Waals surface area contributed by atoms with Gasteiger partial charge in [-0.2, -0.15) is 0 Å². The van der Waals surface area contributed by atoms with E-state index in [-0.39, 0.29) is 23.0 Å². The number of carbonyl (C=O) groups is 3. The fourth-order valence-electron chi connectivity index (χ4n) is 4.27. The number of rotatable bonds is 3. The number of nitrogens with two attached hydrogens (primary N) is 1. The first-order chi connectivity index (χ1) is 15.9. The summed E-state index contributed by atoms with van der Waals surface area (Å²) in [6.45, 7) is 2.03. The fraction of sp³-hybridized carbons (Fsp3) is 0.154. The molecule has 1 heterocycles. The molecule has 6 nitrogen and oxygen atoms in total. The van der Waals surface area contributed by atoms with Crippen LogP contribution in [0.5, 0.6) is 0 Å². The van der Waals surface area contributed by atoms with Crippen molar-refractivity contribution in [2.75, 3.05) is 11.1 Å². The second-order valence-electron chi connectivity index (χ2n) is 8.32. The molecular weight excluding hydrogens is 434 g/mol. The normalized spacial score (nSPS) is 19.4. The molecule has 1 aliphatic heterocycles. The lowest BCUT2D eigenvalue weighted by molar-refractivity contribution is 0.0978. The van der Waals surface area contributed by atoms with Gasteiger partial charge in [-0.1, -0.05) is 48.2 Å². The number of ketones is 2. The van der Waals surface area contributed by atoms with Crippen LogP contribution in [-0.4, -0.2) is 28.4 Å². The highest BCUT2D eigenvalue weighted by atomic mass is 32.2. The van der Waals surface area contributed by atoms with Gasteiger partial charge in [-0.15, -0.1) is 0 Å². The summed E-state index contributed by atoms with van der Waals surface area (Å²) >= 11 is 1.54. The van der Waals surface area contributed by atoms with E-state index >= 15 is 0 Å². The molecule has 1 amide bonds. The maximum absolute atomic E-state index is 13.0. The molecule has 0 fully saturated rings. The van der Waals surface area contributed by atoms with Crippen molar-refractivity contribution in [3.05, 3.63) is 100 Å². The van der Waals surface area contributed by atoms with E-state index in [0.717, 1.165) is 17.7 Å².